The lowest BCUT2D eigenvalue weighted by Crippen LogP contribution is -2.38. The fourth-order valence-corrected chi connectivity index (χ4v) is 3.17. The Bertz CT molecular complexity index is 1000. The third-order valence-electron chi connectivity index (χ3n) is 4.81. The molecule has 0 aliphatic heterocycles. The second-order valence-corrected chi connectivity index (χ2v) is 7.55. The molecule has 1 heterocycles. The van der Waals surface area contributed by atoms with E-state index in [2.05, 4.69) is 4.98 Å². The minimum Gasteiger partial charge on any atom is -0.491 e. The predicted octanol–water partition coefficient (Wildman–Crippen LogP) is 4.09. The van der Waals surface area contributed by atoms with Crippen LogP contribution in [-0.4, -0.2) is 37.0 Å². The molecule has 0 saturated heterocycles. The highest BCUT2D eigenvalue weighted by atomic mass is 16.5. The number of carbonyl (C=O) groups excluding carboxylic acids is 2. The van der Waals surface area contributed by atoms with Crippen LogP contribution < -0.4 is 14.5 Å². The molecule has 0 aliphatic rings. The van der Waals surface area contributed by atoms with Crippen molar-refractivity contribution in [3.05, 3.63) is 84.2 Å². The number of nitrogens with zero attached hydrogens (tertiary/aromatic N) is 3. The number of rotatable bonds is 9. The number of amides is 2. The Morgan fingerprint density at radius 3 is 2.32 bits per heavy atom. The molecule has 0 fully saturated rings. The van der Waals surface area contributed by atoms with Gasteiger partial charge >= 0.3 is 0 Å². The maximum absolute atomic E-state index is 12.8. The SMILES string of the molecule is CC(C)Oc1cccc(N(C=O)CC(=O)N(C)c2ccc(Cc3ccncc3)cc2)c1. The highest BCUT2D eigenvalue weighted by Crippen LogP contribution is 2.22. The van der Waals surface area contributed by atoms with Gasteiger partial charge in [0.05, 0.1) is 6.10 Å². The summed E-state index contributed by atoms with van der Waals surface area (Å²) in [6.45, 7) is 3.81. The van der Waals surface area contributed by atoms with E-state index in [-0.39, 0.29) is 18.6 Å². The van der Waals surface area contributed by atoms with Crippen LogP contribution in [0.3, 0.4) is 0 Å². The molecule has 0 saturated carbocycles. The summed E-state index contributed by atoms with van der Waals surface area (Å²) in [7, 11) is 1.71. The molecule has 2 aromatic carbocycles. The first kappa shape index (κ1) is 22.0. The number of hydrogen-bond donors (Lipinski definition) is 0. The van der Waals surface area contributed by atoms with Crippen LogP contribution in [0.2, 0.25) is 0 Å². The Labute approximate surface area is 183 Å². The highest BCUT2D eigenvalue weighted by molar-refractivity contribution is 5.98. The van der Waals surface area contributed by atoms with Crippen LogP contribution in [0.15, 0.2) is 73.1 Å². The Morgan fingerprint density at radius 1 is 1.00 bits per heavy atom. The number of carbonyl (C=O) groups is 2. The third-order valence-corrected chi connectivity index (χ3v) is 4.81. The lowest BCUT2D eigenvalue weighted by Gasteiger charge is -2.23. The van der Waals surface area contributed by atoms with E-state index in [9.17, 15) is 9.59 Å². The summed E-state index contributed by atoms with van der Waals surface area (Å²) in [4.78, 5) is 31.4. The molecule has 3 rings (SSSR count). The van der Waals surface area contributed by atoms with Crippen LogP contribution in [0, 0.1) is 0 Å². The van der Waals surface area contributed by atoms with E-state index in [1.807, 2.05) is 56.3 Å². The molecule has 6 heteroatoms. The largest absolute Gasteiger partial charge is 0.491 e. The van der Waals surface area contributed by atoms with Crippen molar-refractivity contribution < 1.29 is 14.3 Å². The molecule has 2 amide bonds. The molecule has 3 aromatic rings. The number of aromatic nitrogens is 1. The molecular weight excluding hydrogens is 390 g/mol. The van der Waals surface area contributed by atoms with E-state index < -0.39 is 0 Å². The van der Waals surface area contributed by atoms with E-state index >= 15 is 0 Å². The number of benzene rings is 2. The van der Waals surface area contributed by atoms with Gasteiger partial charge in [0, 0.05) is 36.9 Å². The lowest BCUT2D eigenvalue weighted by atomic mass is 10.1. The van der Waals surface area contributed by atoms with E-state index in [0.717, 1.165) is 17.7 Å². The Morgan fingerprint density at radius 2 is 1.68 bits per heavy atom. The fourth-order valence-electron chi connectivity index (χ4n) is 3.17. The molecule has 0 spiro atoms. The van der Waals surface area contributed by atoms with E-state index in [4.69, 9.17) is 4.74 Å². The van der Waals surface area contributed by atoms with Gasteiger partial charge in [0.25, 0.3) is 0 Å². The van der Waals surface area contributed by atoms with Crippen molar-refractivity contribution in [3.63, 3.8) is 0 Å². The normalized spacial score (nSPS) is 10.6. The van der Waals surface area contributed by atoms with Crippen molar-refractivity contribution in [3.8, 4) is 5.75 Å². The van der Waals surface area contributed by atoms with Crippen LogP contribution in [0.25, 0.3) is 0 Å². The smallest absolute Gasteiger partial charge is 0.246 e. The average molecular weight is 418 g/mol. The number of likely N-dealkylation sites (N-methyl/N-ethyl adjacent to an activating group) is 1. The fraction of sp³-hybridized carbons (Fsp3) is 0.240. The van der Waals surface area contributed by atoms with Gasteiger partial charge in [-0.15, -0.1) is 0 Å². The minimum atomic E-state index is -0.191. The molecule has 31 heavy (non-hydrogen) atoms. The molecule has 1 aromatic heterocycles. The standard InChI is InChI=1S/C25H27N3O3/c1-19(2)31-24-6-4-5-23(16-24)28(18-29)17-25(30)27(3)22-9-7-20(8-10-22)15-21-11-13-26-14-12-21/h4-14,16,18-19H,15,17H2,1-3H3. The predicted molar refractivity (Wildman–Crippen MR) is 123 cm³/mol. The summed E-state index contributed by atoms with van der Waals surface area (Å²) < 4.78 is 5.68. The number of pyridine rings is 1. The summed E-state index contributed by atoms with van der Waals surface area (Å²) in [5.41, 5.74) is 3.71. The second kappa shape index (κ2) is 10.4. The molecule has 160 valence electrons. The molecule has 0 unspecified atom stereocenters. The first-order valence-electron chi connectivity index (χ1n) is 10.2. The summed E-state index contributed by atoms with van der Waals surface area (Å²) in [6.07, 6.45) is 5.04. The summed E-state index contributed by atoms with van der Waals surface area (Å²) >= 11 is 0. The molecule has 0 radical (unpaired) electrons. The van der Waals surface area contributed by atoms with Crippen LogP contribution >= 0.6 is 0 Å². The van der Waals surface area contributed by atoms with Crippen molar-refractivity contribution in [2.75, 3.05) is 23.4 Å². The van der Waals surface area contributed by atoms with Gasteiger partial charge in [0.2, 0.25) is 12.3 Å². The van der Waals surface area contributed by atoms with E-state index in [1.54, 1.807) is 42.5 Å². The number of anilines is 2. The zero-order chi connectivity index (χ0) is 22.2. The van der Waals surface area contributed by atoms with Crippen molar-refractivity contribution in [2.45, 2.75) is 26.4 Å². The maximum Gasteiger partial charge on any atom is 0.246 e. The van der Waals surface area contributed by atoms with Crippen molar-refractivity contribution in [1.82, 2.24) is 4.98 Å². The van der Waals surface area contributed by atoms with Crippen LogP contribution in [0.1, 0.15) is 25.0 Å². The Kier molecular flexibility index (Phi) is 7.38. The zero-order valence-electron chi connectivity index (χ0n) is 18.1. The quantitative estimate of drug-likeness (QED) is 0.492. The summed E-state index contributed by atoms with van der Waals surface area (Å²) in [5, 5.41) is 0. The van der Waals surface area contributed by atoms with Crippen molar-refractivity contribution >= 4 is 23.7 Å². The molecule has 0 aliphatic carbocycles. The van der Waals surface area contributed by atoms with Gasteiger partial charge in [0.1, 0.15) is 12.3 Å². The Hall–Kier alpha value is -3.67. The molecule has 0 N–H and O–H groups in total. The third kappa shape index (κ3) is 6.15. The van der Waals surface area contributed by atoms with Gasteiger partial charge in [-0.05, 0) is 67.8 Å². The highest BCUT2D eigenvalue weighted by Gasteiger charge is 2.17. The molecule has 0 bridgehead atoms. The van der Waals surface area contributed by atoms with Gasteiger partial charge in [0.15, 0.2) is 0 Å². The van der Waals surface area contributed by atoms with Crippen LogP contribution in [-0.2, 0) is 16.0 Å². The summed E-state index contributed by atoms with van der Waals surface area (Å²) in [5.74, 6) is 0.467. The molecule has 6 nitrogen and oxygen atoms in total. The number of hydrogen-bond acceptors (Lipinski definition) is 4. The van der Waals surface area contributed by atoms with Gasteiger partial charge in [-0.2, -0.15) is 0 Å². The second-order valence-electron chi connectivity index (χ2n) is 7.55. The van der Waals surface area contributed by atoms with Gasteiger partial charge < -0.3 is 14.5 Å². The first-order valence-corrected chi connectivity index (χ1v) is 10.2. The van der Waals surface area contributed by atoms with Crippen molar-refractivity contribution in [1.29, 1.82) is 0 Å². The Balaban J connectivity index is 1.65. The van der Waals surface area contributed by atoms with Gasteiger partial charge in [-0.1, -0.05) is 18.2 Å². The monoisotopic (exact) mass is 417 g/mol. The lowest BCUT2D eigenvalue weighted by molar-refractivity contribution is -0.118. The zero-order valence-corrected chi connectivity index (χ0v) is 18.1. The minimum absolute atomic E-state index is 0.0224. The van der Waals surface area contributed by atoms with Crippen LogP contribution in [0.4, 0.5) is 11.4 Å². The average Bonchev–Trinajstić information content (AvgIpc) is 2.78. The number of ether oxygens (including phenoxy) is 1. The van der Waals surface area contributed by atoms with E-state index in [0.29, 0.717) is 17.8 Å². The van der Waals surface area contributed by atoms with Crippen molar-refractivity contribution in [2.24, 2.45) is 0 Å². The molecule has 0 atom stereocenters. The van der Waals surface area contributed by atoms with E-state index in [1.165, 1.54) is 10.5 Å². The molecular formula is C25H27N3O3. The summed E-state index contributed by atoms with van der Waals surface area (Å²) in [6, 6.07) is 19.0. The van der Waals surface area contributed by atoms with Gasteiger partial charge in [-0.3, -0.25) is 14.6 Å². The van der Waals surface area contributed by atoms with Crippen LogP contribution in [0.5, 0.6) is 5.75 Å². The first-order chi connectivity index (χ1) is 15.0. The topological polar surface area (TPSA) is 62.7 Å². The van der Waals surface area contributed by atoms with Gasteiger partial charge in [-0.25, -0.2) is 0 Å². The maximum atomic E-state index is 12.8.